The van der Waals surface area contributed by atoms with Crippen LogP contribution in [0.2, 0.25) is 0 Å². The molecule has 0 aliphatic rings. The molecule has 0 aliphatic heterocycles. The number of hydroxylamine groups is 1. The van der Waals surface area contributed by atoms with Gasteiger partial charge in [-0.2, -0.15) is 5.48 Å². The lowest BCUT2D eigenvalue weighted by Gasteiger charge is -1.99. The Morgan fingerprint density at radius 2 is 2.50 bits per heavy atom. The minimum atomic E-state index is 0.0819. The van der Waals surface area contributed by atoms with Crippen LogP contribution in [0, 0.1) is 0 Å². The van der Waals surface area contributed by atoms with Gasteiger partial charge in [-0.05, 0) is 6.92 Å². The highest BCUT2D eigenvalue weighted by Gasteiger charge is 1.83. The predicted molar refractivity (Wildman–Crippen MR) is 31.4 cm³/mol. The summed E-state index contributed by atoms with van der Waals surface area (Å²) >= 11 is 0. The second-order valence-electron chi connectivity index (χ2n) is 1.32. The molecule has 0 unspecified atom stereocenters. The minimum absolute atomic E-state index is 0.0819. The van der Waals surface area contributed by atoms with Crippen molar-refractivity contribution in [1.82, 2.24) is 5.48 Å². The molecule has 3 heteroatoms. The van der Waals surface area contributed by atoms with Crippen LogP contribution in [0.15, 0.2) is 12.3 Å². The molecule has 0 rings (SSSR count). The van der Waals surface area contributed by atoms with Crippen LogP contribution in [0.1, 0.15) is 6.92 Å². The first-order valence-corrected chi connectivity index (χ1v) is 2.48. The van der Waals surface area contributed by atoms with Gasteiger partial charge in [-0.3, -0.25) is 0 Å². The second kappa shape index (κ2) is 4.61. The van der Waals surface area contributed by atoms with E-state index in [0.717, 1.165) is 0 Å². The third-order valence-electron chi connectivity index (χ3n) is 0.523. The Labute approximate surface area is 48.9 Å². The van der Waals surface area contributed by atoms with Crippen LogP contribution in [0.5, 0.6) is 0 Å². The van der Waals surface area contributed by atoms with Crippen LogP contribution in [0.3, 0.4) is 0 Å². The van der Waals surface area contributed by atoms with Gasteiger partial charge in [0, 0.05) is 0 Å². The van der Waals surface area contributed by atoms with Crippen molar-refractivity contribution in [3.8, 4) is 0 Å². The molecular weight excluding hydrogens is 106 g/mol. The summed E-state index contributed by atoms with van der Waals surface area (Å²) in [5.74, 6) is 0.0819. The maximum atomic E-state index is 8.44. The summed E-state index contributed by atoms with van der Waals surface area (Å²) < 4.78 is 0. The first-order chi connectivity index (χ1) is 3.77. The molecule has 0 aromatic rings. The summed E-state index contributed by atoms with van der Waals surface area (Å²) in [6, 6.07) is 0. The standard InChI is InChI=1S/C5H11NO2/c1-3-8-6-4-5(2)7/h6-7H,2-4H2,1H3. The average Bonchev–Trinajstić information content (AvgIpc) is 1.66. The zero-order valence-electron chi connectivity index (χ0n) is 4.98. The summed E-state index contributed by atoms with van der Waals surface area (Å²) in [4.78, 5) is 4.67. The van der Waals surface area contributed by atoms with Gasteiger partial charge in [0.15, 0.2) is 0 Å². The molecule has 0 spiro atoms. The number of rotatable bonds is 4. The molecular formula is C5H11NO2. The molecule has 3 nitrogen and oxygen atoms in total. The number of hydrogen-bond acceptors (Lipinski definition) is 3. The van der Waals surface area contributed by atoms with E-state index in [1.165, 1.54) is 0 Å². The molecule has 0 saturated carbocycles. The Morgan fingerprint density at radius 3 is 2.88 bits per heavy atom. The summed E-state index contributed by atoms with van der Waals surface area (Å²) in [6.07, 6.45) is 0. The lowest BCUT2D eigenvalue weighted by molar-refractivity contribution is 0.0511. The van der Waals surface area contributed by atoms with E-state index in [0.29, 0.717) is 13.2 Å². The van der Waals surface area contributed by atoms with Gasteiger partial charge < -0.3 is 9.94 Å². The molecule has 0 fully saturated rings. The largest absolute Gasteiger partial charge is 0.511 e. The molecule has 0 heterocycles. The normalized spacial score (nSPS) is 9.12. The van der Waals surface area contributed by atoms with Crippen molar-refractivity contribution >= 4 is 0 Å². The van der Waals surface area contributed by atoms with Crippen LogP contribution in [0.25, 0.3) is 0 Å². The molecule has 0 aromatic carbocycles. The zero-order chi connectivity index (χ0) is 6.41. The van der Waals surface area contributed by atoms with Gasteiger partial charge in [-0.25, -0.2) is 0 Å². The van der Waals surface area contributed by atoms with Crippen molar-refractivity contribution in [3.05, 3.63) is 12.3 Å². The van der Waals surface area contributed by atoms with Crippen LogP contribution in [-0.4, -0.2) is 18.3 Å². The van der Waals surface area contributed by atoms with Crippen LogP contribution < -0.4 is 5.48 Å². The molecule has 0 amide bonds. The summed E-state index contributed by atoms with van der Waals surface area (Å²) in [7, 11) is 0. The Bertz CT molecular complexity index is 72.8. The smallest absolute Gasteiger partial charge is 0.101 e. The minimum Gasteiger partial charge on any atom is -0.511 e. The molecule has 0 aliphatic carbocycles. The van der Waals surface area contributed by atoms with Gasteiger partial charge in [0.25, 0.3) is 0 Å². The summed E-state index contributed by atoms with van der Waals surface area (Å²) in [6.45, 7) is 5.98. The van der Waals surface area contributed by atoms with Crippen LogP contribution in [0.4, 0.5) is 0 Å². The average molecular weight is 117 g/mol. The molecule has 2 N–H and O–H groups in total. The van der Waals surface area contributed by atoms with E-state index in [1.54, 1.807) is 0 Å². The Balaban J connectivity index is 2.82. The molecule has 0 radical (unpaired) electrons. The highest BCUT2D eigenvalue weighted by Crippen LogP contribution is 1.75. The van der Waals surface area contributed by atoms with Crippen molar-refractivity contribution < 1.29 is 9.94 Å². The number of nitrogens with one attached hydrogen (secondary N) is 1. The van der Waals surface area contributed by atoms with Gasteiger partial charge in [0.1, 0.15) is 5.76 Å². The number of aliphatic hydroxyl groups excluding tert-OH is 1. The zero-order valence-corrected chi connectivity index (χ0v) is 4.98. The third-order valence-corrected chi connectivity index (χ3v) is 0.523. The van der Waals surface area contributed by atoms with E-state index in [2.05, 4.69) is 16.9 Å². The van der Waals surface area contributed by atoms with Crippen molar-refractivity contribution in [2.45, 2.75) is 6.92 Å². The molecule has 0 aromatic heterocycles. The molecule has 48 valence electrons. The SMILES string of the molecule is C=C(O)CNOCC. The van der Waals surface area contributed by atoms with E-state index in [-0.39, 0.29) is 5.76 Å². The van der Waals surface area contributed by atoms with E-state index in [4.69, 9.17) is 5.11 Å². The molecule has 8 heavy (non-hydrogen) atoms. The maximum absolute atomic E-state index is 8.44. The topological polar surface area (TPSA) is 41.5 Å². The van der Waals surface area contributed by atoms with Crippen molar-refractivity contribution in [2.24, 2.45) is 0 Å². The van der Waals surface area contributed by atoms with E-state index >= 15 is 0 Å². The second-order valence-corrected chi connectivity index (χ2v) is 1.32. The first-order valence-electron chi connectivity index (χ1n) is 2.48. The quantitative estimate of drug-likeness (QED) is 0.322. The predicted octanol–water partition coefficient (Wildman–Crippen LogP) is 0.599. The molecule has 0 saturated heterocycles. The van der Waals surface area contributed by atoms with Crippen LogP contribution >= 0.6 is 0 Å². The number of aliphatic hydroxyl groups is 1. The van der Waals surface area contributed by atoms with E-state index < -0.39 is 0 Å². The summed E-state index contributed by atoms with van der Waals surface area (Å²) in [5.41, 5.74) is 2.48. The molecule has 0 atom stereocenters. The van der Waals surface area contributed by atoms with Crippen molar-refractivity contribution in [1.29, 1.82) is 0 Å². The Hall–Kier alpha value is -0.540. The lowest BCUT2D eigenvalue weighted by Crippen LogP contribution is -2.16. The number of hydrogen-bond donors (Lipinski definition) is 2. The lowest BCUT2D eigenvalue weighted by atomic mass is 10.6. The van der Waals surface area contributed by atoms with Gasteiger partial charge in [0.2, 0.25) is 0 Å². The summed E-state index contributed by atoms with van der Waals surface area (Å²) in [5, 5.41) is 8.44. The van der Waals surface area contributed by atoms with E-state index in [1.807, 2.05) is 6.92 Å². The fraction of sp³-hybridized carbons (Fsp3) is 0.600. The van der Waals surface area contributed by atoms with Crippen molar-refractivity contribution in [2.75, 3.05) is 13.2 Å². The maximum Gasteiger partial charge on any atom is 0.101 e. The van der Waals surface area contributed by atoms with Crippen LogP contribution in [-0.2, 0) is 4.84 Å². The van der Waals surface area contributed by atoms with Gasteiger partial charge >= 0.3 is 0 Å². The van der Waals surface area contributed by atoms with Gasteiger partial charge in [-0.15, -0.1) is 0 Å². The third kappa shape index (κ3) is 5.46. The van der Waals surface area contributed by atoms with Crippen molar-refractivity contribution in [3.63, 3.8) is 0 Å². The fourth-order valence-corrected chi connectivity index (χ4v) is 0.236. The van der Waals surface area contributed by atoms with Gasteiger partial charge in [-0.1, -0.05) is 6.58 Å². The highest BCUT2D eigenvalue weighted by molar-refractivity contribution is 4.79. The first kappa shape index (κ1) is 7.46. The fourth-order valence-electron chi connectivity index (χ4n) is 0.236. The monoisotopic (exact) mass is 117 g/mol. The van der Waals surface area contributed by atoms with Gasteiger partial charge in [0.05, 0.1) is 13.2 Å². The Morgan fingerprint density at radius 1 is 1.88 bits per heavy atom. The molecule has 0 bridgehead atoms. The Kier molecular flexibility index (Phi) is 4.30. The highest BCUT2D eigenvalue weighted by atomic mass is 16.6. The van der Waals surface area contributed by atoms with E-state index in [9.17, 15) is 0 Å².